The quantitative estimate of drug-likeness (QED) is 0.603. The molecule has 1 amide bonds. The highest BCUT2D eigenvalue weighted by molar-refractivity contribution is 5.94. The van der Waals surface area contributed by atoms with E-state index >= 15 is 0 Å². The van der Waals surface area contributed by atoms with Crippen LogP contribution in [0.5, 0.6) is 0 Å². The van der Waals surface area contributed by atoms with E-state index in [1.807, 2.05) is 0 Å². The number of nitrogens with zero attached hydrogens (tertiary/aromatic N) is 2. The smallest absolute Gasteiger partial charge is 0.328 e. The summed E-state index contributed by atoms with van der Waals surface area (Å²) in [5.74, 6) is -2.00. The molecule has 0 aliphatic heterocycles. The topological polar surface area (TPSA) is 112 Å². The Balaban J connectivity index is 2.71. The van der Waals surface area contributed by atoms with Crippen LogP contribution in [-0.4, -0.2) is 44.7 Å². The van der Waals surface area contributed by atoms with E-state index in [4.69, 9.17) is 10.2 Å². The first-order valence-corrected chi connectivity index (χ1v) is 4.47. The molecule has 0 aliphatic carbocycles. The number of carboxylic acid groups (broad SMARTS) is 1. The molecule has 1 rings (SSSR count). The van der Waals surface area contributed by atoms with Crippen LogP contribution in [0, 0.1) is 6.92 Å². The van der Waals surface area contributed by atoms with Crippen molar-refractivity contribution in [3.05, 3.63) is 23.8 Å². The second-order valence-corrected chi connectivity index (χ2v) is 3.09. The van der Waals surface area contributed by atoms with Crippen molar-refractivity contribution in [2.45, 2.75) is 13.0 Å². The second-order valence-electron chi connectivity index (χ2n) is 3.09. The predicted molar refractivity (Wildman–Crippen MR) is 52.7 cm³/mol. The summed E-state index contributed by atoms with van der Waals surface area (Å²) in [7, 11) is 0. The van der Waals surface area contributed by atoms with Gasteiger partial charge in [0.1, 0.15) is 5.69 Å². The van der Waals surface area contributed by atoms with E-state index in [0.29, 0.717) is 5.69 Å². The predicted octanol–water partition coefficient (Wildman–Crippen LogP) is -1.04. The fourth-order valence-corrected chi connectivity index (χ4v) is 0.928. The van der Waals surface area contributed by atoms with Gasteiger partial charge in [0.25, 0.3) is 5.91 Å². The van der Waals surface area contributed by atoms with Crippen LogP contribution >= 0.6 is 0 Å². The van der Waals surface area contributed by atoms with Gasteiger partial charge in [0.2, 0.25) is 0 Å². The molecule has 86 valence electrons. The fourth-order valence-electron chi connectivity index (χ4n) is 0.928. The van der Waals surface area contributed by atoms with Crippen LogP contribution in [0.3, 0.4) is 0 Å². The number of aliphatic hydroxyl groups is 1. The minimum absolute atomic E-state index is 0.00491. The molecule has 0 radical (unpaired) electrons. The monoisotopic (exact) mass is 225 g/mol. The van der Waals surface area contributed by atoms with Crippen LogP contribution in [0.15, 0.2) is 12.4 Å². The van der Waals surface area contributed by atoms with Crippen LogP contribution in [0.25, 0.3) is 0 Å². The maximum Gasteiger partial charge on any atom is 0.328 e. The molecule has 1 heterocycles. The largest absolute Gasteiger partial charge is 0.480 e. The Morgan fingerprint density at radius 3 is 2.56 bits per heavy atom. The molecule has 1 aromatic heterocycles. The van der Waals surface area contributed by atoms with Gasteiger partial charge in [-0.05, 0) is 6.92 Å². The average Bonchev–Trinajstić information content (AvgIpc) is 2.26. The highest BCUT2D eigenvalue weighted by Gasteiger charge is 2.20. The number of hydrogen-bond donors (Lipinski definition) is 3. The number of aliphatic carboxylic acids is 1. The van der Waals surface area contributed by atoms with E-state index in [-0.39, 0.29) is 5.69 Å². The van der Waals surface area contributed by atoms with Crippen molar-refractivity contribution >= 4 is 11.9 Å². The van der Waals surface area contributed by atoms with Crippen molar-refractivity contribution in [1.82, 2.24) is 15.3 Å². The first-order valence-electron chi connectivity index (χ1n) is 4.47. The molecule has 7 heteroatoms. The van der Waals surface area contributed by atoms with Gasteiger partial charge in [0.15, 0.2) is 6.04 Å². The van der Waals surface area contributed by atoms with Crippen molar-refractivity contribution in [2.75, 3.05) is 6.61 Å². The molecular weight excluding hydrogens is 214 g/mol. The van der Waals surface area contributed by atoms with Crippen molar-refractivity contribution in [3.8, 4) is 0 Å². The van der Waals surface area contributed by atoms with Crippen LogP contribution < -0.4 is 5.32 Å². The van der Waals surface area contributed by atoms with Crippen LogP contribution in [-0.2, 0) is 4.79 Å². The Kier molecular flexibility index (Phi) is 3.90. The van der Waals surface area contributed by atoms with E-state index in [1.54, 1.807) is 6.92 Å². The number of hydrogen-bond acceptors (Lipinski definition) is 5. The van der Waals surface area contributed by atoms with E-state index in [9.17, 15) is 9.59 Å². The van der Waals surface area contributed by atoms with Gasteiger partial charge in [0, 0.05) is 6.20 Å². The summed E-state index contributed by atoms with van der Waals surface area (Å²) in [6.07, 6.45) is 2.63. The number of carbonyl (C=O) groups excluding carboxylic acids is 1. The standard InChI is InChI=1S/C9H11N3O4/c1-5-2-11-6(3-10-5)8(14)12-7(4-13)9(15)16/h2-3,7,13H,4H2,1H3,(H,12,14)(H,15,16)/t7-/m1/s1. The summed E-state index contributed by atoms with van der Waals surface area (Å²) in [5, 5.41) is 19.4. The SMILES string of the molecule is Cc1cnc(C(=O)N[C@H](CO)C(=O)O)cn1. The zero-order chi connectivity index (χ0) is 12.1. The molecule has 0 bridgehead atoms. The summed E-state index contributed by atoms with van der Waals surface area (Å²) < 4.78 is 0. The minimum atomic E-state index is -1.34. The highest BCUT2D eigenvalue weighted by Crippen LogP contribution is 1.95. The third-order valence-electron chi connectivity index (χ3n) is 1.80. The maximum absolute atomic E-state index is 11.4. The number of nitrogens with one attached hydrogen (secondary N) is 1. The summed E-state index contributed by atoms with van der Waals surface area (Å²) >= 11 is 0. The Morgan fingerprint density at radius 2 is 2.12 bits per heavy atom. The molecule has 3 N–H and O–H groups in total. The maximum atomic E-state index is 11.4. The average molecular weight is 225 g/mol. The zero-order valence-corrected chi connectivity index (χ0v) is 8.54. The molecule has 0 fully saturated rings. The first kappa shape index (κ1) is 12.1. The van der Waals surface area contributed by atoms with Gasteiger partial charge < -0.3 is 15.5 Å². The van der Waals surface area contributed by atoms with Crippen LogP contribution in [0.4, 0.5) is 0 Å². The lowest BCUT2D eigenvalue weighted by Crippen LogP contribution is -2.43. The highest BCUT2D eigenvalue weighted by atomic mass is 16.4. The molecule has 1 atom stereocenters. The lowest BCUT2D eigenvalue weighted by molar-refractivity contribution is -0.140. The van der Waals surface area contributed by atoms with E-state index in [2.05, 4.69) is 15.3 Å². The molecular formula is C9H11N3O4. The van der Waals surface area contributed by atoms with E-state index < -0.39 is 24.5 Å². The first-order chi connectivity index (χ1) is 7.54. The van der Waals surface area contributed by atoms with Gasteiger partial charge in [-0.25, -0.2) is 9.78 Å². The Morgan fingerprint density at radius 1 is 1.44 bits per heavy atom. The Hall–Kier alpha value is -2.02. The zero-order valence-electron chi connectivity index (χ0n) is 8.54. The minimum Gasteiger partial charge on any atom is -0.480 e. The molecule has 0 spiro atoms. The molecule has 0 saturated carbocycles. The van der Waals surface area contributed by atoms with Gasteiger partial charge in [-0.1, -0.05) is 0 Å². The fraction of sp³-hybridized carbons (Fsp3) is 0.333. The molecule has 0 aromatic carbocycles. The molecule has 0 aliphatic rings. The molecule has 0 unspecified atom stereocenters. The lowest BCUT2D eigenvalue weighted by atomic mass is 10.3. The van der Waals surface area contributed by atoms with Crippen LogP contribution in [0.2, 0.25) is 0 Å². The Bertz CT molecular complexity index is 390. The normalized spacial score (nSPS) is 11.9. The number of aliphatic hydroxyl groups excluding tert-OH is 1. The third kappa shape index (κ3) is 2.99. The number of aryl methyl sites for hydroxylation is 1. The Labute approximate surface area is 91.2 Å². The number of rotatable bonds is 4. The van der Waals surface area contributed by atoms with Crippen molar-refractivity contribution in [2.24, 2.45) is 0 Å². The summed E-state index contributed by atoms with van der Waals surface area (Å²) in [6.45, 7) is 1.03. The van der Waals surface area contributed by atoms with Gasteiger partial charge >= 0.3 is 5.97 Å². The summed E-state index contributed by atoms with van der Waals surface area (Å²) in [6, 6.07) is -1.34. The third-order valence-corrected chi connectivity index (χ3v) is 1.80. The molecule has 7 nitrogen and oxygen atoms in total. The van der Waals surface area contributed by atoms with Crippen molar-refractivity contribution in [1.29, 1.82) is 0 Å². The van der Waals surface area contributed by atoms with Crippen LogP contribution in [0.1, 0.15) is 16.2 Å². The lowest BCUT2D eigenvalue weighted by Gasteiger charge is -2.10. The second kappa shape index (κ2) is 5.17. The van der Waals surface area contributed by atoms with Gasteiger partial charge in [-0.2, -0.15) is 0 Å². The van der Waals surface area contributed by atoms with Crippen molar-refractivity contribution < 1.29 is 19.8 Å². The molecule has 16 heavy (non-hydrogen) atoms. The number of carboxylic acids is 1. The summed E-state index contributed by atoms with van der Waals surface area (Å²) in [4.78, 5) is 29.6. The van der Waals surface area contributed by atoms with Crippen molar-refractivity contribution in [3.63, 3.8) is 0 Å². The van der Waals surface area contributed by atoms with Gasteiger partial charge in [-0.3, -0.25) is 9.78 Å². The van der Waals surface area contributed by atoms with E-state index in [1.165, 1.54) is 12.4 Å². The number of aromatic nitrogens is 2. The molecule has 1 aromatic rings. The van der Waals surface area contributed by atoms with Gasteiger partial charge in [0.05, 0.1) is 18.5 Å². The van der Waals surface area contributed by atoms with Gasteiger partial charge in [-0.15, -0.1) is 0 Å². The summed E-state index contributed by atoms with van der Waals surface area (Å²) in [5.41, 5.74) is 0.652. The molecule has 0 saturated heterocycles. The van der Waals surface area contributed by atoms with E-state index in [0.717, 1.165) is 0 Å². The number of amides is 1. The number of carbonyl (C=O) groups is 2.